The number of rotatable bonds is 0. The molecule has 3 rings (SSSR count). The lowest BCUT2D eigenvalue weighted by atomic mass is 10.5. The third-order valence-electron chi connectivity index (χ3n) is 1.79. The highest BCUT2D eigenvalue weighted by atomic mass is 15.0. The lowest BCUT2D eigenvalue weighted by Crippen LogP contribution is -1.96. The average molecular weight is 189 g/mol. The molecule has 0 amide bonds. The van der Waals surface area contributed by atoms with E-state index in [0.29, 0.717) is 5.65 Å². The minimum absolute atomic E-state index is 0.713. The molecule has 3 heterocycles. The Labute approximate surface area is 81.3 Å². The van der Waals surface area contributed by atoms with Gasteiger partial charge >= 0.3 is 0 Å². The highest BCUT2D eigenvalue weighted by Crippen LogP contribution is 1.99. The van der Waals surface area contributed by atoms with Gasteiger partial charge in [0.1, 0.15) is 11.8 Å². The third-order valence-corrected chi connectivity index (χ3v) is 1.79. The minimum atomic E-state index is 0.713. The van der Waals surface area contributed by atoms with E-state index in [0.717, 1.165) is 12.1 Å². The standard InChI is InChI=1S/C5H4N4.C4H7N/c1-4-5(8-2-6-1)9-3-7-4;1-2-4-5-3-1/h1-3H,(H,6,7,8,9);1,3,5H,2,4H2. The number of aromatic amines is 1. The van der Waals surface area contributed by atoms with Crippen LogP contribution in [0.5, 0.6) is 0 Å². The molecule has 0 aliphatic carbocycles. The van der Waals surface area contributed by atoms with Crippen LogP contribution in [0.15, 0.2) is 31.1 Å². The zero-order chi connectivity index (χ0) is 9.64. The number of nitrogens with zero attached hydrogens (tertiary/aromatic N) is 3. The molecule has 14 heavy (non-hydrogen) atoms. The van der Waals surface area contributed by atoms with E-state index in [1.54, 1.807) is 12.5 Å². The van der Waals surface area contributed by atoms with Crippen molar-refractivity contribution in [2.24, 2.45) is 0 Å². The molecule has 72 valence electrons. The van der Waals surface area contributed by atoms with E-state index < -0.39 is 0 Å². The Kier molecular flexibility index (Phi) is 2.70. The largest absolute Gasteiger partial charge is 0.391 e. The second-order valence-corrected chi connectivity index (χ2v) is 2.81. The molecule has 1 aliphatic heterocycles. The zero-order valence-electron chi connectivity index (χ0n) is 7.64. The number of imidazole rings is 1. The summed E-state index contributed by atoms with van der Waals surface area (Å²) >= 11 is 0. The Balaban J connectivity index is 0.000000128. The van der Waals surface area contributed by atoms with Gasteiger partial charge in [-0.3, -0.25) is 0 Å². The quantitative estimate of drug-likeness (QED) is 0.644. The number of aromatic nitrogens is 4. The highest BCUT2D eigenvalue weighted by Gasteiger charge is 1.91. The first-order chi connectivity index (χ1) is 6.97. The molecule has 0 spiro atoms. The smallest absolute Gasteiger partial charge is 0.180 e. The molecular formula is C9H11N5. The number of fused-ring (bicyclic) bond motifs is 1. The fourth-order valence-electron chi connectivity index (χ4n) is 1.11. The Hall–Kier alpha value is -1.91. The van der Waals surface area contributed by atoms with Crippen LogP contribution in [0, 0.1) is 0 Å². The van der Waals surface area contributed by atoms with Crippen LogP contribution in [0.4, 0.5) is 0 Å². The summed E-state index contributed by atoms with van der Waals surface area (Å²) in [5.41, 5.74) is 1.59. The van der Waals surface area contributed by atoms with E-state index in [-0.39, 0.29) is 0 Å². The Morgan fingerprint density at radius 1 is 1.29 bits per heavy atom. The third kappa shape index (κ3) is 2.07. The van der Waals surface area contributed by atoms with Crippen molar-refractivity contribution in [3.05, 3.63) is 31.1 Å². The molecule has 1 aliphatic rings. The van der Waals surface area contributed by atoms with Gasteiger partial charge in [-0.05, 0) is 12.6 Å². The number of H-pyrrole nitrogens is 1. The summed E-state index contributed by atoms with van der Waals surface area (Å²) in [5.74, 6) is 0. The predicted molar refractivity (Wildman–Crippen MR) is 53.4 cm³/mol. The Morgan fingerprint density at radius 3 is 2.93 bits per heavy atom. The second kappa shape index (κ2) is 4.36. The predicted octanol–water partition coefficient (Wildman–Crippen LogP) is 0.846. The lowest BCUT2D eigenvalue weighted by Gasteiger charge is -1.80. The van der Waals surface area contributed by atoms with Crippen molar-refractivity contribution in [1.29, 1.82) is 0 Å². The van der Waals surface area contributed by atoms with Crippen molar-refractivity contribution in [3.63, 3.8) is 0 Å². The summed E-state index contributed by atoms with van der Waals surface area (Å²) in [4.78, 5) is 14.5. The molecule has 5 nitrogen and oxygen atoms in total. The van der Waals surface area contributed by atoms with Gasteiger partial charge < -0.3 is 10.3 Å². The monoisotopic (exact) mass is 189 g/mol. The minimum Gasteiger partial charge on any atom is -0.391 e. The van der Waals surface area contributed by atoms with Crippen LogP contribution in [0.2, 0.25) is 0 Å². The van der Waals surface area contributed by atoms with Gasteiger partial charge in [0.2, 0.25) is 0 Å². The van der Waals surface area contributed by atoms with Crippen molar-refractivity contribution >= 4 is 11.2 Å². The van der Waals surface area contributed by atoms with Crippen molar-refractivity contribution in [3.8, 4) is 0 Å². The van der Waals surface area contributed by atoms with Crippen LogP contribution in [0.3, 0.4) is 0 Å². The topological polar surface area (TPSA) is 66.5 Å². The molecule has 2 aromatic rings. The van der Waals surface area contributed by atoms with Gasteiger partial charge in [-0.1, -0.05) is 6.08 Å². The van der Waals surface area contributed by atoms with Gasteiger partial charge in [0.25, 0.3) is 0 Å². The van der Waals surface area contributed by atoms with Crippen LogP contribution < -0.4 is 5.32 Å². The van der Waals surface area contributed by atoms with E-state index in [1.165, 1.54) is 12.7 Å². The molecule has 2 N–H and O–H groups in total. The SMILES string of the molecule is C1=CNCC1.c1ncc2[nH]cnc2n1. The van der Waals surface area contributed by atoms with Crippen molar-refractivity contribution in [2.75, 3.05) is 6.54 Å². The Bertz CT molecular complexity index is 384. The number of hydrogen-bond acceptors (Lipinski definition) is 4. The maximum absolute atomic E-state index is 3.91. The molecule has 0 atom stereocenters. The Morgan fingerprint density at radius 2 is 2.29 bits per heavy atom. The molecule has 0 unspecified atom stereocenters. The molecule has 0 saturated carbocycles. The van der Waals surface area contributed by atoms with Gasteiger partial charge in [-0.2, -0.15) is 0 Å². The van der Waals surface area contributed by atoms with Gasteiger partial charge in [0.05, 0.1) is 12.5 Å². The van der Waals surface area contributed by atoms with Crippen molar-refractivity contribution in [2.45, 2.75) is 6.42 Å². The van der Waals surface area contributed by atoms with Crippen molar-refractivity contribution < 1.29 is 0 Å². The summed E-state index contributed by atoms with van der Waals surface area (Å²) in [6.07, 6.45) is 10.1. The first-order valence-corrected chi connectivity index (χ1v) is 4.44. The van der Waals surface area contributed by atoms with E-state index >= 15 is 0 Å². The summed E-state index contributed by atoms with van der Waals surface area (Å²) in [6, 6.07) is 0. The number of hydrogen-bond donors (Lipinski definition) is 2. The summed E-state index contributed by atoms with van der Waals surface area (Å²) in [5, 5.41) is 3.04. The zero-order valence-corrected chi connectivity index (χ0v) is 7.64. The first-order valence-electron chi connectivity index (χ1n) is 4.44. The average Bonchev–Trinajstić information content (AvgIpc) is 2.92. The van der Waals surface area contributed by atoms with Crippen LogP contribution in [-0.2, 0) is 0 Å². The van der Waals surface area contributed by atoms with Crippen LogP contribution >= 0.6 is 0 Å². The normalized spacial score (nSPS) is 13.4. The molecular weight excluding hydrogens is 178 g/mol. The molecule has 0 aromatic carbocycles. The van der Waals surface area contributed by atoms with Crippen molar-refractivity contribution in [1.82, 2.24) is 25.3 Å². The molecule has 2 aromatic heterocycles. The number of nitrogens with one attached hydrogen (secondary N) is 2. The molecule has 0 saturated heterocycles. The molecule has 5 heteroatoms. The van der Waals surface area contributed by atoms with E-state index in [9.17, 15) is 0 Å². The second-order valence-electron chi connectivity index (χ2n) is 2.81. The maximum Gasteiger partial charge on any atom is 0.180 e. The lowest BCUT2D eigenvalue weighted by molar-refractivity contribution is 0.917. The fourth-order valence-corrected chi connectivity index (χ4v) is 1.11. The van der Waals surface area contributed by atoms with Crippen LogP contribution in [0.1, 0.15) is 6.42 Å². The van der Waals surface area contributed by atoms with Gasteiger partial charge in [0.15, 0.2) is 5.65 Å². The summed E-state index contributed by atoms with van der Waals surface area (Å²) in [6.45, 7) is 1.14. The highest BCUT2D eigenvalue weighted by molar-refractivity contribution is 5.67. The molecule has 0 radical (unpaired) electrons. The maximum atomic E-state index is 3.91. The van der Waals surface area contributed by atoms with Gasteiger partial charge in [-0.15, -0.1) is 0 Å². The van der Waals surface area contributed by atoms with Gasteiger partial charge in [0, 0.05) is 6.54 Å². The summed E-state index contributed by atoms with van der Waals surface area (Å²) in [7, 11) is 0. The van der Waals surface area contributed by atoms with E-state index in [4.69, 9.17) is 0 Å². The summed E-state index contributed by atoms with van der Waals surface area (Å²) < 4.78 is 0. The van der Waals surface area contributed by atoms with E-state index in [1.807, 2.05) is 6.20 Å². The first kappa shape index (κ1) is 8.68. The molecule has 0 fully saturated rings. The molecule has 0 bridgehead atoms. The van der Waals surface area contributed by atoms with Crippen LogP contribution in [0.25, 0.3) is 11.2 Å². The fraction of sp³-hybridized carbons (Fsp3) is 0.222. The van der Waals surface area contributed by atoms with E-state index in [2.05, 4.69) is 31.3 Å². The van der Waals surface area contributed by atoms with Crippen LogP contribution in [-0.4, -0.2) is 26.5 Å². The van der Waals surface area contributed by atoms with Gasteiger partial charge in [-0.25, -0.2) is 15.0 Å².